The van der Waals surface area contributed by atoms with E-state index in [0.717, 1.165) is 11.4 Å². The van der Waals surface area contributed by atoms with E-state index in [-0.39, 0.29) is 17.3 Å². The lowest BCUT2D eigenvalue weighted by atomic mass is 9.76. The van der Waals surface area contributed by atoms with E-state index < -0.39 is 5.60 Å². The molecule has 112 valence electrons. The lowest BCUT2D eigenvalue weighted by Gasteiger charge is -2.27. The average Bonchev–Trinajstić information content (AvgIpc) is 2.88. The van der Waals surface area contributed by atoms with E-state index in [9.17, 15) is 4.79 Å². The first kappa shape index (κ1) is 14.8. The van der Waals surface area contributed by atoms with E-state index in [4.69, 9.17) is 14.4 Å². The molecule has 0 N–H and O–H groups in total. The third-order valence-corrected chi connectivity index (χ3v) is 3.73. The molecule has 20 heavy (non-hydrogen) atoms. The molecule has 0 radical (unpaired) electrons. The van der Waals surface area contributed by atoms with E-state index >= 15 is 0 Å². The number of esters is 1. The van der Waals surface area contributed by atoms with Gasteiger partial charge in [0, 0.05) is 11.8 Å². The molecular formula is C14H22N2O4. The highest BCUT2D eigenvalue weighted by molar-refractivity contribution is 6.16. The Bertz CT molecular complexity index is 464. The molecular weight excluding hydrogens is 260 g/mol. The number of oxime groups is 2. The summed E-state index contributed by atoms with van der Waals surface area (Å²) in [6.07, 6.45) is 1.16. The van der Waals surface area contributed by atoms with E-state index in [0.29, 0.717) is 19.4 Å². The Balaban J connectivity index is 2.41. The van der Waals surface area contributed by atoms with E-state index in [1.807, 2.05) is 20.8 Å². The Hall–Kier alpha value is -1.59. The van der Waals surface area contributed by atoms with Crippen molar-refractivity contribution in [2.24, 2.45) is 21.6 Å². The number of carbonyl (C=O) groups is 1. The first-order valence-corrected chi connectivity index (χ1v) is 6.90. The summed E-state index contributed by atoms with van der Waals surface area (Å²) in [6.45, 7) is 8.22. The van der Waals surface area contributed by atoms with Crippen molar-refractivity contribution in [3.8, 4) is 0 Å². The van der Waals surface area contributed by atoms with Crippen molar-refractivity contribution in [2.75, 3.05) is 13.7 Å². The molecule has 1 saturated carbocycles. The van der Waals surface area contributed by atoms with Gasteiger partial charge in [-0.1, -0.05) is 31.1 Å². The Morgan fingerprint density at radius 1 is 1.55 bits per heavy atom. The first-order valence-electron chi connectivity index (χ1n) is 6.90. The number of rotatable bonds is 3. The van der Waals surface area contributed by atoms with Crippen LogP contribution in [0.2, 0.25) is 0 Å². The molecule has 1 heterocycles. The maximum atomic E-state index is 12.4. The van der Waals surface area contributed by atoms with Crippen molar-refractivity contribution in [1.29, 1.82) is 0 Å². The van der Waals surface area contributed by atoms with Crippen LogP contribution in [0.5, 0.6) is 0 Å². The molecule has 0 aromatic rings. The monoisotopic (exact) mass is 282 g/mol. The molecule has 0 aromatic carbocycles. The summed E-state index contributed by atoms with van der Waals surface area (Å²) in [5.41, 5.74) is 0.346. The largest absolute Gasteiger partial charge is 0.463 e. The molecule has 2 aliphatic rings. The van der Waals surface area contributed by atoms with Gasteiger partial charge in [-0.2, -0.15) is 0 Å². The summed E-state index contributed by atoms with van der Waals surface area (Å²) in [5.74, 6) is -0.657. The smallest absolute Gasteiger partial charge is 0.354 e. The Morgan fingerprint density at radius 3 is 2.80 bits per heavy atom. The van der Waals surface area contributed by atoms with Crippen LogP contribution < -0.4 is 0 Å². The third-order valence-electron chi connectivity index (χ3n) is 3.73. The maximum Gasteiger partial charge on any atom is 0.354 e. The second kappa shape index (κ2) is 5.07. The number of hydrogen-bond acceptors (Lipinski definition) is 6. The van der Waals surface area contributed by atoms with Crippen LogP contribution in [0.4, 0.5) is 0 Å². The molecule has 1 aliphatic heterocycles. The lowest BCUT2D eigenvalue weighted by molar-refractivity contribution is -0.170. The molecule has 2 rings (SSSR count). The summed E-state index contributed by atoms with van der Waals surface area (Å²) in [5, 5.41) is 8.24. The van der Waals surface area contributed by atoms with Gasteiger partial charge in [0.05, 0.1) is 23.9 Å². The Kier molecular flexibility index (Phi) is 3.75. The van der Waals surface area contributed by atoms with Gasteiger partial charge in [-0.25, -0.2) is 4.79 Å². The molecule has 1 fully saturated rings. The molecule has 6 heteroatoms. The maximum absolute atomic E-state index is 12.4. The molecule has 2 unspecified atom stereocenters. The lowest BCUT2D eigenvalue weighted by Crippen LogP contribution is -2.47. The van der Waals surface area contributed by atoms with Crippen LogP contribution in [-0.2, 0) is 19.2 Å². The van der Waals surface area contributed by atoms with Gasteiger partial charge < -0.3 is 14.4 Å². The SMILES string of the molecule is CCOC(=O)C12CC/C(=N\OC)C1C(C(C)(C)C)=NO2. The second-order valence-corrected chi connectivity index (χ2v) is 6.13. The normalized spacial score (nSPS) is 30.8. The minimum Gasteiger partial charge on any atom is -0.463 e. The highest BCUT2D eigenvalue weighted by Crippen LogP contribution is 2.47. The van der Waals surface area contributed by atoms with Crippen molar-refractivity contribution in [1.82, 2.24) is 0 Å². The molecule has 6 nitrogen and oxygen atoms in total. The zero-order chi connectivity index (χ0) is 15.0. The fourth-order valence-electron chi connectivity index (χ4n) is 2.83. The van der Waals surface area contributed by atoms with Gasteiger partial charge in [0.2, 0.25) is 5.60 Å². The molecule has 0 saturated heterocycles. The molecule has 1 aliphatic carbocycles. The first-order chi connectivity index (χ1) is 9.36. The fraction of sp³-hybridized carbons (Fsp3) is 0.786. The predicted molar refractivity (Wildman–Crippen MR) is 74.5 cm³/mol. The van der Waals surface area contributed by atoms with Gasteiger partial charge in [0.1, 0.15) is 7.11 Å². The van der Waals surface area contributed by atoms with Crippen LogP contribution in [0, 0.1) is 11.3 Å². The molecule has 0 amide bonds. The number of hydrogen-bond donors (Lipinski definition) is 0. The van der Waals surface area contributed by atoms with Crippen molar-refractivity contribution in [2.45, 2.75) is 46.1 Å². The molecule has 0 bridgehead atoms. The number of nitrogens with zero attached hydrogens (tertiary/aromatic N) is 2. The average molecular weight is 282 g/mol. The van der Waals surface area contributed by atoms with Crippen LogP contribution in [-0.4, -0.2) is 36.7 Å². The van der Waals surface area contributed by atoms with Crippen molar-refractivity contribution < 1.29 is 19.2 Å². The zero-order valence-corrected chi connectivity index (χ0v) is 12.7. The van der Waals surface area contributed by atoms with Gasteiger partial charge >= 0.3 is 5.97 Å². The van der Waals surface area contributed by atoms with E-state index in [2.05, 4.69) is 10.3 Å². The van der Waals surface area contributed by atoms with Crippen molar-refractivity contribution >= 4 is 17.4 Å². The van der Waals surface area contributed by atoms with Crippen LogP contribution >= 0.6 is 0 Å². The number of carbonyl (C=O) groups excluding carboxylic acids is 1. The predicted octanol–water partition coefficient (Wildman–Crippen LogP) is 2.13. The van der Waals surface area contributed by atoms with E-state index in [1.54, 1.807) is 6.92 Å². The number of fused-ring (bicyclic) bond motifs is 1. The van der Waals surface area contributed by atoms with Crippen LogP contribution in [0.15, 0.2) is 10.3 Å². The van der Waals surface area contributed by atoms with E-state index in [1.165, 1.54) is 7.11 Å². The second-order valence-electron chi connectivity index (χ2n) is 6.13. The Morgan fingerprint density at radius 2 is 2.25 bits per heavy atom. The minimum atomic E-state index is -1.06. The van der Waals surface area contributed by atoms with Crippen molar-refractivity contribution in [3.05, 3.63) is 0 Å². The van der Waals surface area contributed by atoms with Crippen LogP contribution in [0.3, 0.4) is 0 Å². The standard InChI is InChI=1S/C14H22N2O4/c1-6-19-12(17)14-8-7-9(15-18-5)10(14)11(16-20-14)13(2,3)4/h10H,6-8H2,1-5H3/b15-9+. The fourth-order valence-corrected chi connectivity index (χ4v) is 2.83. The molecule has 2 atom stereocenters. The quantitative estimate of drug-likeness (QED) is 0.587. The van der Waals surface area contributed by atoms with Gasteiger partial charge in [0.15, 0.2) is 0 Å². The highest BCUT2D eigenvalue weighted by atomic mass is 16.7. The van der Waals surface area contributed by atoms with Gasteiger partial charge in [-0.15, -0.1) is 0 Å². The number of ether oxygens (including phenoxy) is 1. The molecule has 0 spiro atoms. The van der Waals surface area contributed by atoms with Crippen molar-refractivity contribution in [3.63, 3.8) is 0 Å². The third kappa shape index (κ3) is 2.17. The summed E-state index contributed by atoms with van der Waals surface area (Å²) in [6, 6.07) is 0. The molecule has 0 aromatic heterocycles. The summed E-state index contributed by atoms with van der Waals surface area (Å²) in [4.78, 5) is 22.8. The van der Waals surface area contributed by atoms with Crippen LogP contribution in [0.25, 0.3) is 0 Å². The van der Waals surface area contributed by atoms with Gasteiger partial charge in [-0.3, -0.25) is 0 Å². The highest BCUT2D eigenvalue weighted by Gasteiger charge is 2.63. The Labute approximate surface area is 119 Å². The van der Waals surface area contributed by atoms with Gasteiger partial charge in [-0.05, 0) is 13.3 Å². The summed E-state index contributed by atoms with van der Waals surface area (Å²) in [7, 11) is 1.50. The van der Waals surface area contributed by atoms with Crippen LogP contribution in [0.1, 0.15) is 40.5 Å². The van der Waals surface area contributed by atoms with Gasteiger partial charge in [0.25, 0.3) is 0 Å². The summed E-state index contributed by atoms with van der Waals surface area (Å²) >= 11 is 0. The minimum absolute atomic E-state index is 0.211. The topological polar surface area (TPSA) is 69.5 Å². The zero-order valence-electron chi connectivity index (χ0n) is 12.7. The summed E-state index contributed by atoms with van der Waals surface area (Å²) < 4.78 is 5.18.